The molecule has 2 fully saturated rings. The monoisotopic (exact) mass is 312 g/mol. The molecule has 5 heteroatoms. The number of piperidine rings is 1. The molecular weight excluding hydrogens is 288 g/mol. The highest BCUT2D eigenvalue weighted by atomic mass is 16.1. The molecule has 0 atom stereocenters. The fourth-order valence-corrected chi connectivity index (χ4v) is 3.58. The van der Waals surface area contributed by atoms with Crippen molar-refractivity contribution in [3.8, 4) is 6.07 Å². The standard InChI is InChI=1S/C18H24N4O/c19-12-14-6-7-17(20-13-14)22-10-8-15(9-11-22)18(23)21-16-4-2-1-3-5-16/h6-7,13,15-16H,1-5,8-11H2,(H,21,23). The molecule has 1 N–H and O–H groups in total. The number of nitrogens with zero attached hydrogens (tertiary/aromatic N) is 3. The van der Waals surface area contributed by atoms with Crippen LogP contribution in [-0.2, 0) is 4.79 Å². The van der Waals surface area contributed by atoms with E-state index in [4.69, 9.17) is 5.26 Å². The molecule has 0 spiro atoms. The maximum absolute atomic E-state index is 12.4. The Morgan fingerprint density at radius 2 is 1.91 bits per heavy atom. The number of hydrogen-bond donors (Lipinski definition) is 1. The molecule has 5 nitrogen and oxygen atoms in total. The van der Waals surface area contributed by atoms with Gasteiger partial charge in [-0.15, -0.1) is 0 Å². The van der Waals surface area contributed by atoms with Crippen molar-refractivity contribution in [2.45, 2.75) is 51.0 Å². The molecule has 1 saturated carbocycles. The molecule has 1 saturated heterocycles. The average molecular weight is 312 g/mol. The van der Waals surface area contributed by atoms with Crippen molar-refractivity contribution in [3.63, 3.8) is 0 Å². The highest BCUT2D eigenvalue weighted by Crippen LogP contribution is 2.23. The van der Waals surface area contributed by atoms with Crippen molar-refractivity contribution >= 4 is 11.7 Å². The molecule has 1 aromatic heterocycles. The Morgan fingerprint density at radius 1 is 1.17 bits per heavy atom. The van der Waals surface area contributed by atoms with Crippen LogP contribution in [0.5, 0.6) is 0 Å². The average Bonchev–Trinajstić information content (AvgIpc) is 2.63. The first kappa shape index (κ1) is 15.8. The summed E-state index contributed by atoms with van der Waals surface area (Å²) in [6.45, 7) is 1.70. The molecule has 122 valence electrons. The van der Waals surface area contributed by atoms with E-state index >= 15 is 0 Å². The van der Waals surface area contributed by atoms with Gasteiger partial charge in [0.05, 0.1) is 5.56 Å². The van der Waals surface area contributed by atoms with Gasteiger partial charge in [-0.05, 0) is 37.8 Å². The number of pyridine rings is 1. The van der Waals surface area contributed by atoms with Gasteiger partial charge in [0.25, 0.3) is 0 Å². The van der Waals surface area contributed by atoms with Gasteiger partial charge in [-0.25, -0.2) is 4.98 Å². The molecule has 0 radical (unpaired) electrons. The van der Waals surface area contributed by atoms with Crippen LogP contribution < -0.4 is 10.2 Å². The van der Waals surface area contributed by atoms with Crippen molar-refractivity contribution < 1.29 is 4.79 Å². The van der Waals surface area contributed by atoms with Crippen molar-refractivity contribution in [2.75, 3.05) is 18.0 Å². The lowest BCUT2D eigenvalue weighted by Crippen LogP contribution is -2.44. The van der Waals surface area contributed by atoms with Crippen LogP contribution in [0.2, 0.25) is 0 Å². The lowest BCUT2D eigenvalue weighted by Gasteiger charge is -2.33. The van der Waals surface area contributed by atoms with Crippen LogP contribution in [0.15, 0.2) is 18.3 Å². The van der Waals surface area contributed by atoms with E-state index in [2.05, 4.69) is 21.3 Å². The minimum atomic E-state index is 0.131. The summed E-state index contributed by atoms with van der Waals surface area (Å²) in [4.78, 5) is 19.0. The summed E-state index contributed by atoms with van der Waals surface area (Å²) >= 11 is 0. The van der Waals surface area contributed by atoms with E-state index in [1.807, 2.05) is 6.07 Å². The fraction of sp³-hybridized carbons (Fsp3) is 0.611. The number of carbonyl (C=O) groups is 1. The number of anilines is 1. The number of rotatable bonds is 3. The second-order valence-electron chi connectivity index (χ2n) is 6.62. The third-order valence-corrected chi connectivity index (χ3v) is 5.02. The number of hydrogen-bond acceptors (Lipinski definition) is 4. The second-order valence-corrected chi connectivity index (χ2v) is 6.62. The van der Waals surface area contributed by atoms with E-state index in [9.17, 15) is 4.79 Å². The van der Waals surface area contributed by atoms with E-state index in [1.54, 1.807) is 12.3 Å². The first-order valence-corrected chi connectivity index (χ1v) is 8.68. The molecule has 1 aliphatic carbocycles. The fourth-order valence-electron chi connectivity index (χ4n) is 3.58. The molecule has 0 bridgehead atoms. The third kappa shape index (κ3) is 4.01. The van der Waals surface area contributed by atoms with Crippen LogP contribution in [0.1, 0.15) is 50.5 Å². The quantitative estimate of drug-likeness (QED) is 0.931. The van der Waals surface area contributed by atoms with Gasteiger partial charge in [-0.2, -0.15) is 5.26 Å². The maximum Gasteiger partial charge on any atom is 0.223 e. The van der Waals surface area contributed by atoms with Crippen LogP contribution in [0.25, 0.3) is 0 Å². The van der Waals surface area contributed by atoms with Crippen molar-refractivity contribution in [3.05, 3.63) is 23.9 Å². The number of aromatic nitrogens is 1. The molecule has 1 aliphatic heterocycles. The summed E-state index contributed by atoms with van der Waals surface area (Å²) in [5, 5.41) is 12.1. The maximum atomic E-state index is 12.4. The van der Waals surface area contributed by atoms with Gasteiger partial charge in [-0.3, -0.25) is 4.79 Å². The van der Waals surface area contributed by atoms with E-state index in [-0.39, 0.29) is 11.8 Å². The van der Waals surface area contributed by atoms with E-state index in [0.717, 1.165) is 44.6 Å². The molecular formula is C18H24N4O. The summed E-state index contributed by atoms with van der Waals surface area (Å²) in [5.74, 6) is 1.27. The summed E-state index contributed by atoms with van der Waals surface area (Å²) in [7, 11) is 0. The Labute approximate surface area is 137 Å². The first-order chi connectivity index (χ1) is 11.3. The second kappa shape index (κ2) is 7.45. The number of nitrogens with one attached hydrogen (secondary N) is 1. The van der Waals surface area contributed by atoms with Crippen LogP contribution in [0.4, 0.5) is 5.82 Å². The molecule has 0 aromatic carbocycles. The minimum Gasteiger partial charge on any atom is -0.357 e. The largest absolute Gasteiger partial charge is 0.357 e. The minimum absolute atomic E-state index is 0.131. The summed E-state index contributed by atoms with van der Waals surface area (Å²) < 4.78 is 0. The zero-order chi connectivity index (χ0) is 16.1. The van der Waals surface area contributed by atoms with Gasteiger partial charge in [0, 0.05) is 31.2 Å². The highest BCUT2D eigenvalue weighted by molar-refractivity contribution is 5.79. The summed E-state index contributed by atoms with van der Waals surface area (Å²) in [6, 6.07) is 6.17. The Morgan fingerprint density at radius 3 is 2.52 bits per heavy atom. The van der Waals surface area contributed by atoms with Gasteiger partial charge >= 0.3 is 0 Å². The molecule has 2 heterocycles. The Bertz CT molecular complexity index is 564. The van der Waals surface area contributed by atoms with Crippen molar-refractivity contribution in [1.82, 2.24) is 10.3 Å². The predicted octanol–water partition coefficient (Wildman–Crippen LogP) is 2.62. The van der Waals surface area contributed by atoms with Crippen LogP contribution >= 0.6 is 0 Å². The van der Waals surface area contributed by atoms with E-state index in [1.165, 1.54) is 19.3 Å². The van der Waals surface area contributed by atoms with Gasteiger partial charge in [0.1, 0.15) is 11.9 Å². The Balaban J connectivity index is 1.49. The lowest BCUT2D eigenvalue weighted by molar-refractivity contribution is -0.126. The number of nitriles is 1. The highest BCUT2D eigenvalue weighted by Gasteiger charge is 2.27. The Kier molecular flexibility index (Phi) is 5.12. The van der Waals surface area contributed by atoms with Crippen LogP contribution in [0, 0.1) is 17.2 Å². The molecule has 0 unspecified atom stereocenters. The van der Waals surface area contributed by atoms with Gasteiger partial charge in [-0.1, -0.05) is 19.3 Å². The smallest absolute Gasteiger partial charge is 0.223 e. The SMILES string of the molecule is N#Cc1ccc(N2CCC(C(=O)NC3CCCCC3)CC2)nc1. The van der Waals surface area contributed by atoms with Crippen LogP contribution in [0.3, 0.4) is 0 Å². The third-order valence-electron chi connectivity index (χ3n) is 5.02. The molecule has 1 aromatic rings. The molecule has 3 rings (SSSR count). The van der Waals surface area contributed by atoms with Crippen molar-refractivity contribution in [2.24, 2.45) is 5.92 Å². The zero-order valence-corrected chi connectivity index (χ0v) is 13.5. The summed E-state index contributed by atoms with van der Waals surface area (Å²) in [6.07, 6.45) is 9.43. The number of carbonyl (C=O) groups excluding carboxylic acids is 1. The van der Waals surface area contributed by atoms with E-state index < -0.39 is 0 Å². The lowest BCUT2D eigenvalue weighted by atomic mass is 9.92. The van der Waals surface area contributed by atoms with Crippen LogP contribution in [-0.4, -0.2) is 30.0 Å². The summed E-state index contributed by atoms with van der Waals surface area (Å²) in [5.41, 5.74) is 0.579. The first-order valence-electron chi connectivity index (χ1n) is 8.68. The predicted molar refractivity (Wildman–Crippen MR) is 88.9 cm³/mol. The van der Waals surface area contributed by atoms with E-state index in [0.29, 0.717) is 11.6 Å². The van der Waals surface area contributed by atoms with Gasteiger partial charge in [0.15, 0.2) is 0 Å². The topological polar surface area (TPSA) is 69.0 Å². The molecule has 23 heavy (non-hydrogen) atoms. The Hall–Kier alpha value is -2.09. The van der Waals surface area contributed by atoms with Gasteiger partial charge in [0.2, 0.25) is 5.91 Å². The van der Waals surface area contributed by atoms with Gasteiger partial charge < -0.3 is 10.2 Å². The van der Waals surface area contributed by atoms with Crippen molar-refractivity contribution in [1.29, 1.82) is 5.26 Å². The molecule has 2 aliphatic rings. The normalized spacial score (nSPS) is 20.0. The molecule has 1 amide bonds. The number of amides is 1. The zero-order valence-electron chi connectivity index (χ0n) is 13.5.